The lowest BCUT2D eigenvalue weighted by molar-refractivity contribution is -0.122. The van der Waals surface area contributed by atoms with Crippen molar-refractivity contribution >= 4 is 29.1 Å². The Labute approximate surface area is 167 Å². The Bertz CT molecular complexity index is 960. The van der Waals surface area contributed by atoms with E-state index in [2.05, 4.69) is 5.32 Å². The quantitative estimate of drug-likeness (QED) is 0.539. The summed E-state index contributed by atoms with van der Waals surface area (Å²) in [6, 6.07) is 19.3. The molecule has 1 amide bonds. The van der Waals surface area contributed by atoms with E-state index in [4.69, 9.17) is 23.2 Å². The lowest BCUT2D eigenvalue weighted by atomic mass is 9.96. The third-order valence-corrected chi connectivity index (χ3v) is 5.03. The molecule has 0 unspecified atom stereocenters. The Morgan fingerprint density at radius 2 is 1.78 bits per heavy atom. The number of nitrogens with one attached hydrogen (secondary N) is 1. The van der Waals surface area contributed by atoms with E-state index in [1.54, 1.807) is 37.3 Å². The van der Waals surface area contributed by atoms with Crippen LogP contribution in [0, 0.1) is 5.82 Å². The number of benzene rings is 3. The van der Waals surface area contributed by atoms with Crippen molar-refractivity contribution in [3.8, 4) is 11.1 Å². The molecule has 0 saturated heterocycles. The van der Waals surface area contributed by atoms with Gasteiger partial charge in [0.25, 0.3) is 0 Å². The smallest absolute Gasteiger partial charge is 0.227 e. The Morgan fingerprint density at radius 3 is 2.44 bits per heavy atom. The number of hydrogen-bond donors (Lipinski definition) is 1. The molecular weight excluding hydrogens is 384 g/mol. The molecule has 0 aliphatic rings. The largest absolute Gasteiger partial charge is 0.351 e. The zero-order valence-corrected chi connectivity index (χ0v) is 16.2. The van der Waals surface area contributed by atoms with E-state index in [0.29, 0.717) is 21.2 Å². The van der Waals surface area contributed by atoms with Gasteiger partial charge in [0.1, 0.15) is 5.82 Å². The van der Waals surface area contributed by atoms with Crippen molar-refractivity contribution in [1.82, 2.24) is 5.32 Å². The van der Waals surface area contributed by atoms with Gasteiger partial charge in [-0.15, -0.1) is 0 Å². The van der Waals surface area contributed by atoms with E-state index in [9.17, 15) is 9.18 Å². The van der Waals surface area contributed by atoms with Gasteiger partial charge in [0.05, 0.1) is 5.92 Å². The highest BCUT2D eigenvalue weighted by molar-refractivity contribution is 6.35. The van der Waals surface area contributed by atoms with Crippen molar-refractivity contribution in [2.24, 2.45) is 0 Å². The van der Waals surface area contributed by atoms with Gasteiger partial charge in [-0.1, -0.05) is 71.7 Å². The molecule has 0 bridgehead atoms. The molecule has 0 aliphatic heterocycles. The molecular formula is C22H18Cl2FNO. The highest BCUT2D eigenvalue weighted by Gasteiger charge is 2.17. The molecule has 0 aliphatic carbocycles. The average molecular weight is 402 g/mol. The summed E-state index contributed by atoms with van der Waals surface area (Å²) in [6.45, 7) is 2.03. The Kier molecular flexibility index (Phi) is 6.15. The summed E-state index contributed by atoms with van der Waals surface area (Å²) in [5.41, 5.74) is 2.70. The van der Waals surface area contributed by atoms with E-state index in [0.717, 1.165) is 11.1 Å². The third kappa shape index (κ3) is 4.68. The maximum atomic E-state index is 14.5. The van der Waals surface area contributed by atoms with Crippen LogP contribution in [-0.4, -0.2) is 5.91 Å². The monoisotopic (exact) mass is 401 g/mol. The summed E-state index contributed by atoms with van der Waals surface area (Å²) < 4.78 is 14.5. The number of amides is 1. The molecule has 0 radical (unpaired) electrons. The molecule has 0 heterocycles. The standard InChI is InChI=1S/C22H18Cl2FNO/c1-14(22(27)26-13-17-7-9-18(23)12-20(17)24)16-8-10-19(21(25)11-16)15-5-3-2-4-6-15/h2-12,14H,13H2,1H3,(H,26,27)/t14-/m0/s1. The van der Waals surface area contributed by atoms with Crippen LogP contribution in [0.15, 0.2) is 66.7 Å². The Balaban J connectivity index is 1.70. The summed E-state index contributed by atoms with van der Waals surface area (Å²) in [7, 11) is 0. The Morgan fingerprint density at radius 1 is 1.04 bits per heavy atom. The number of rotatable bonds is 5. The van der Waals surface area contributed by atoms with Crippen LogP contribution in [0.2, 0.25) is 10.0 Å². The van der Waals surface area contributed by atoms with Crippen LogP contribution in [0.4, 0.5) is 4.39 Å². The van der Waals surface area contributed by atoms with Crippen LogP contribution in [0.5, 0.6) is 0 Å². The lowest BCUT2D eigenvalue weighted by Gasteiger charge is -2.14. The average Bonchev–Trinajstić information content (AvgIpc) is 2.67. The molecule has 3 aromatic rings. The fraction of sp³-hybridized carbons (Fsp3) is 0.136. The maximum absolute atomic E-state index is 14.5. The molecule has 0 spiro atoms. The zero-order chi connectivity index (χ0) is 19.4. The Hall–Kier alpha value is -2.36. The summed E-state index contributed by atoms with van der Waals surface area (Å²) in [5.74, 6) is -1.04. The predicted molar refractivity (Wildman–Crippen MR) is 109 cm³/mol. The molecule has 27 heavy (non-hydrogen) atoms. The van der Waals surface area contributed by atoms with Crippen molar-refractivity contribution < 1.29 is 9.18 Å². The first-order chi connectivity index (χ1) is 13.0. The predicted octanol–water partition coefficient (Wildman–Crippen LogP) is 6.22. The summed E-state index contributed by atoms with van der Waals surface area (Å²) in [4.78, 5) is 12.5. The maximum Gasteiger partial charge on any atom is 0.227 e. The fourth-order valence-corrected chi connectivity index (χ4v) is 3.28. The van der Waals surface area contributed by atoms with Crippen molar-refractivity contribution in [3.05, 3.63) is 93.7 Å². The lowest BCUT2D eigenvalue weighted by Crippen LogP contribution is -2.27. The van der Waals surface area contributed by atoms with Gasteiger partial charge in [-0.25, -0.2) is 4.39 Å². The molecule has 5 heteroatoms. The molecule has 0 aromatic heterocycles. The first kappa shape index (κ1) is 19.4. The first-order valence-corrected chi connectivity index (χ1v) is 9.28. The molecule has 3 aromatic carbocycles. The topological polar surface area (TPSA) is 29.1 Å². The van der Waals surface area contributed by atoms with E-state index < -0.39 is 5.92 Å². The molecule has 2 nitrogen and oxygen atoms in total. The first-order valence-electron chi connectivity index (χ1n) is 8.52. The van der Waals surface area contributed by atoms with Crippen molar-refractivity contribution in [1.29, 1.82) is 0 Å². The summed E-state index contributed by atoms with van der Waals surface area (Å²) in [5, 5.41) is 3.87. The van der Waals surface area contributed by atoms with Crippen LogP contribution in [0.1, 0.15) is 24.0 Å². The summed E-state index contributed by atoms with van der Waals surface area (Å²) >= 11 is 12.0. The highest BCUT2D eigenvalue weighted by Crippen LogP contribution is 2.26. The van der Waals surface area contributed by atoms with Gasteiger partial charge in [0.2, 0.25) is 5.91 Å². The number of carbonyl (C=O) groups excluding carboxylic acids is 1. The highest BCUT2D eigenvalue weighted by atomic mass is 35.5. The van der Waals surface area contributed by atoms with E-state index in [1.807, 2.05) is 30.3 Å². The van der Waals surface area contributed by atoms with Crippen molar-refractivity contribution in [3.63, 3.8) is 0 Å². The SMILES string of the molecule is C[C@H](C(=O)NCc1ccc(Cl)cc1Cl)c1ccc(-c2ccccc2)c(F)c1. The van der Waals surface area contributed by atoms with Crippen LogP contribution >= 0.6 is 23.2 Å². The number of halogens is 3. The molecule has 3 rings (SSSR count). The molecule has 0 saturated carbocycles. The normalized spacial score (nSPS) is 11.9. The number of hydrogen-bond acceptors (Lipinski definition) is 1. The van der Waals surface area contributed by atoms with Crippen LogP contribution in [-0.2, 0) is 11.3 Å². The van der Waals surface area contributed by atoms with Crippen LogP contribution < -0.4 is 5.32 Å². The second-order valence-electron chi connectivity index (χ2n) is 6.28. The van der Waals surface area contributed by atoms with Crippen LogP contribution in [0.3, 0.4) is 0 Å². The molecule has 1 atom stereocenters. The van der Waals surface area contributed by atoms with E-state index in [-0.39, 0.29) is 18.3 Å². The van der Waals surface area contributed by atoms with Crippen molar-refractivity contribution in [2.45, 2.75) is 19.4 Å². The molecule has 0 fully saturated rings. The van der Waals surface area contributed by atoms with Gasteiger partial charge in [-0.3, -0.25) is 4.79 Å². The summed E-state index contributed by atoms with van der Waals surface area (Å²) in [6.07, 6.45) is 0. The minimum absolute atomic E-state index is 0.201. The van der Waals surface area contributed by atoms with Gasteiger partial charge < -0.3 is 5.32 Å². The fourth-order valence-electron chi connectivity index (χ4n) is 2.80. The second kappa shape index (κ2) is 8.55. The van der Waals surface area contributed by atoms with Gasteiger partial charge in [-0.05, 0) is 41.8 Å². The minimum Gasteiger partial charge on any atom is -0.351 e. The van der Waals surface area contributed by atoms with E-state index >= 15 is 0 Å². The van der Waals surface area contributed by atoms with E-state index in [1.165, 1.54) is 6.07 Å². The van der Waals surface area contributed by atoms with Gasteiger partial charge in [0, 0.05) is 22.2 Å². The minimum atomic E-state index is -0.490. The van der Waals surface area contributed by atoms with Crippen molar-refractivity contribution in [2.75, 3.05) is 0 Å². The van der Waals surface area contributed by atoms with Gasteiger partial charge in [0.15, 0.2) is 0 Å². The third-order valence-electron chi connectivity index (χ3n) is 4.44. The zero-order valence-electron chi connectivity index (χ0n) is 14.7. The second-order valence-corrected chi connectivity index (χ2v) is 7.12. The molecule has 1 N–H and O–H groups in total. The van der Waals surface area contributed by atoms with Gasteiger partial charge in [-0.2, -0.15) is 0 Å². The number of carbonyl (C=O) groups is 1. The van der Waals surface area contributed by atoms with Crippen LogP contribution in [0.25, 0.3) is 11.1 Å². The molecule has 138 valence electrons. The van der Waals surface area contributed by atoms with Gasteiger partial charge >= 0.3 is 0 Å².